The Morgan fingerprint density at radius 2 is 1.77 bits per heavy atom. The third-order valence-corrected chi connectivity index (χ3v) is 6.83. The lowest BCUT2D eigenvalue weighted by atomic mass is 10.0. The van der Waals surface area contributed by atoms with Crippen LogP contribution in [0.25, 0.3) is 10.8 Å². The van der Waals surface area contributed by atoms with Crippen LogP contribution in [0.1, 0.15) is 35.3 Å². The number of benzene rings is 4. The normalized spacial score (nSPS) is 11.4. The fourth-order valence-electron chi connectivity index (χ4n) is 4.00. The highest BCUT2D eigenvalue weighted by Crippen LogP contribution is 2.41. The molecule has 0 saturated heterocycles. The minimum absolute atomic E-state index is 0.0912. The number of azo groups is 1. The molecule has 40 heavy (non-hydrogen) atoms. The number of aromatic hydroxyl groups is 1. The lowest BCUT2D eigenvalue weighted by Gasteiger charge is -2.14. The summed E-state index contributed by atoms with van der Waals surface area (Å²) >= 11 is 1.03. The zero-order valence-corrected chi connectivity index (χ0v) is 23.9. The number of nitrogens with zero attached hydrogens (tertiary/aromatic N) is 3. The molecule has 0 aliphatic rings. The number of fused-ring (bicyclic) bond motifs is 1. The number of nitrogens with one attached hydrogen (secondary N) is 1. The summed E-state index contributed by atoms with van der Waals surface area (Å²) in [5.74, 6) is -0.245. The summed E-state index contributed by atoms with van der Waals surface area (Å²) in [7, 11) is 1.54. The number of anilines is 1. The van der Waals surface area contributed by atoms with Gasteiger partial charge in [0.25, 0.3) is 5.91 Å². The maximum absolute atomic E-state index is 13.3. The van der Waals surface area contributed by atoms with Crippen molar-refractivity contribution in [1.29, 1.82) is 0 Å². The van der Waals surface area contributed by atoms with E-state index < -0.39 is 5.91 Å². The van der Waals surface area contributed by atoms with Gasteiger partial charge in [-0.1, -0.05) is 42.0 Å². The van der Waals surface area contributed by atoms with Crippen LogP contribution >= 0.6 is 12.0 Å². The summed E-state index contributed by atoms with van der Waals surface area (Å²) in [4.78, 5) is 19.3. The molecule has 0 spiro atoms. The summed E-state index contributed by atoms with van der Waals surface area (Å²) in [5.41, 5.74) is 3.24. The zero-order valence-electron chi connectivity index (χ0n) is 23.1. The van der Waals surface area contributed by atoms with Crippen LogP contribution in [0.5, 0.6) is 11.5 Å². The van der Waals surface area contributed by atoms with Crippen molar-refractivity contribution in [2.45, 2.75) is 32.6 Å². The Bertz CT molecular complexity index is 1540. The van der Waals surface area contributed by atoms with Crippen LogP contribution in [0.4, 0.5) is 17.1 Å². The second-order valence-corrected chi connectivity index (χ2v) is 9.76. The van der Waals surface area contributed by atoms with Crippen LogP contribution in [-0.4, -0.2) is 36.3 Å². The minimum Gasteiger partial charge on any atom is -0.505 e. The van der Waals surface area contributed by atoms with Gasteiger partial charge in [0.2, 0.25) is 0 Å². The molecule has 0 saturated carbocycles. The molecule has 4 rings (SSSR count). The monoisotopic (exact) mass is 560 g/mol. The van der Waals surface area contributed by atoms with Gasteiger partial charge in [-0.15, -0.1) is 19.6 Å². The van der Waals surface area contributed by atoms with Gasteiger partial charge in [-0.2, -0.15) is 5.06 Å². The molecule has 10 heteroatoms. The number of carbonyl (C=O) groups excluding carboxylic acids is 1. The van der Waals surface area contributed by atoms with Gasteiger partial charge in [0.1, 0.15) is 17.1 Å². The van der Waals surface area contributed by atoms with Crippen LogP contribution < -0.4 is 10.1 Å². The van der Waals surface area contributed by atoms with Gasteiger partial charge in [-0.3, -0.25) is 4.79 Å². The van der Waals surface area contributed by atoms with Crippen LogP contribution in [0.15, 0.2) is 81.9 Å². The summed E-state index contributed by atoms with van der Waals surface area (Å²) in [6.45, 7) is 9.15. The lowest BCUT2D eigenvalue weighted by Crippen LogP contribution is -2.22. The quantitative estimate of drug-likeness (QED) is 0.0827. The molecule has 2 N–H and O–H groups in total. The Balaban J connectivity index is 1.70. The first-order chi connectivity index (χ1) is 19.3. The number of amides is 1. The van der Waals surface area contributed by atoms with E-state index in [0.717, 1.165) is 28.6 Å². The SMILES string of the molecule is CCN(CC)OOSc1ccc(OC)c(N=Nc2c(O)c(C(=O)Nc3ccccc3C)cc3cc(C)ccc23)c1. The molecule has 0 heterocycles. The number of hydroxylamine groups is 2. The summed E-state index contributed by atoms with van der Waals surface area (Å²) in [6, 6.07) is 20.1. The molecule has 208 valence electrons. The van der Waals surface area contributed by atoms with E-state index in [2.05, 4.69) is 15.5 Å². The van der Waals surface area contributed by atoms with Crippen LogP contribution in [0.2, 0.25) is 0 Å². The molecule has 1 amide bonds. The molecule has 0 aromatic heterocycles. The molecule has 9 nitrogen and oxygen atoms in total. The van der Waals surface area contributed by atoms with Crippen molar-refractivity contribution < 1.29 is 24.0 Å². The fourth-order valence-corrected chi connectivity index (χ4v) is 4.48. The van der Waals surface area contributed by atoms with E-state index in [-0.39, 0.29) is 17.0 Å². The van der Waals surface area contributed by atoms with Gasteiger partial charge >= 0.3 is 0 Å². The highest BCUT2D eigenvalue weighted by molar-refractivity contribution is 7.94. The van der Waals surface area contributed by atoms with Gasteiger partial charge in [-0.25, -0.2) is 0 Å². The number of ether oxygens (including phenoxy) is 1. The number of hydrogen-bond acceptors (Lipinski definition) is 9. The molecule has 0 aliphatic heterocycles. The van der Waals surface area contributed by atoms with Gasteiger partial charge in [0.15, 0.2) is 5.75 Å². The van der Waals surface area contributed by atoms with Crippen molar-refractivity contribution in [3.8, 4) is 11.5 Å². The predicted molar refractivity (Wildman–Crippen MR) is 158 cm³/mol. The number of methoxy groups -OCH3 is 1. The third kappa shape index (κ3) is 6.78. The molecule has 4 aromatic carbocycles. The maximum Gasteiger partial charge on any atom is 0.259 e. The zero-order chi connectivity index (χ0) is 28.6. The van der Waals surface area contributed by atoms with Crippen molar-refractivity contribution in [3.05, 3.63) is 83.4 Å². The minimum atomic E-state index is -0.451. The third-order valence-electron chi connectivity index (χ3n) is 6.26. The number of rotatable bonds is 11. The first kappa shape index (κ1) is 29.0. The Morgan fingerprint density at radius 3 is 2.50 bits per heavy atom. The van der Waals surface area contributed by atoms with E-state index in [4.69, 9.17) is 14.1 Å². The van der Waals surface area contributed by atoms with E-state index in [1.54, 1.807) is 29.3 Å². The van der Waals surface area contributed by atoms with Gasteiger partial charge in [0, 0.05) is 29.1 Å². The number of carbonyl (C=O) groups is 1. The van der Waals surface area contributed by atoms with Crippen molar-refractivity contribution in [1.82, 2.24) is 5.06 Å². The Hall–Kier alpha value is -3.96. The van der Waals surface area contributed by atoms with Gasteiger partial charge in [0.05, 0.1) is 24.7 Å². The molecule has 0 radical (unpaired) electrons. The Kier molecular flexibility index (Phi) is 9.73. The van der Waals surface area contributed by atoms with Crippen molar-refractivity contribution in [2.75, 3.05) is 25.5 Å². The molecule has 0 unspecified atom stereocenters. The standard InChI is InChI=1S/C30H32N4O5S/c1-6-34(7-2)38-39-40-22-13-15-27(37-5)26(18-22)32-33-28-23-14-12-19(3)16-21(23)17-24(29(28)35)30(36)31-25-11-9-8-10-20(25)4/h8-18,35H,6-7H2,1-5H3,(H,31,36). The highest BCUT2D eigenvalue weighted by atomic mass is 32.2. The largest absolute Gasteiger partial charge is 0.505 e. The molecular weight excluding hydrogens is 528 g/mol. The van der Waals surface area contributed by atoms with Gasteiger partial charge in [-0.05, 0) is 69.0 Å². The van der Waals surface area contributed by atoms with Gasteiger partial charge < -0.3 is 15.2 Å². The molecule has 0 atom stereocenters. The fraction of sp³-hybridized carbons (Fsp3) is 0.233. The van der Waals surface area contributed by atoms with Crippen molar-refractivity contribution in [3.63, 3.8) is 0 Å². The summed E-state index contributed by atoms with van der Waals surface area (Å²) in [6.07, 6.45) is 0. The van der Waals surface area contributed by atoms with Crippen molar-refractivity contribution >= 4 is 45.8 Å². The predicted octanol–water partition coefficient (Wildman–Crippen LogP) is 8.05. The molecule has 0 fully saturated rings. The first-order valence-corrected chi connectivity index (χ1v) is 13.6. The smallest absolute Gasteiger partial charge is 0.259 e. The number of para-hydroxylation sites is 1. The number of aryl methyl sites for hydroxylation is 2. The summed E-state index contributed by atoms with van der Waals surface area (Å²) < 4.78 is 10.8. The highest BCUT2D eigenvalue weighted by Gasteiger charge is 2.19. The van der Waals surface area contributed by atoms with Crippen LogP contribution in [0, 0.1) is 13.8 Å². The number of phenols is 1. The molecular formula is C30H32N4O5S. The first-order valence-electron chi connectivity index (χ1n) is 12.8. The maximum atomic E-state index is 13.3. The molecule has 0 bridgehead atoms. The topological polar surface area (TPSA) is 105 Å². The van der Waals surface area contributed by atoms with E-state index in [0.29, 0.717) is 40.5 Å². The average Bonchev–Trinajstić information content (AvgIpc) is 2.96. The van der Waals surface area contributed by atoms with E-state index >= 15 is 0 Å². The Morgan fingerprint density at radius 1 is 1.00 bits per heavy atom. The summed E-state index contributed by atoms with van der Waals surface area (Å²) in [5, 5.41) is 26.0. The van der Waals surface area contributed by atoms with E-state index in [1.807, 2.05) is 70.2 Å². The van der Waals surface area contributed by atoms with Crippen molar-refractivity contribution in [2.24, 2.45) is 10.2 Å². The average molecular weight is 561 g/mol. The lowest BCUT2D eigenvalue weighted by molar-refractivity contribution is -0.357. The molecule has 4 aromatic rings. The Labute approximate surface area is 237 Å². The van der Waals surface area contributed by atoms with E-state index in [9.17, 15) is 9.90 Å². The number of phenolic OH excluding ortho intramolecular Hbond substituents is 1. The van der Waals surface area contributed by atoms with Crippen LogP contribution in [-0.2, 0) is 9.32 Å². The van der Waals surface area contributed by atoms with Crippen LogP contribution in [0.3, 0.4) is 0 Å². The number of hydrogen-bond donors (Lipinski definition) is 2. The second-order valence-electron chi connectivity index (χ2n) is 8.99. The second kappa shape index (κ2) is 13.4. The molecule has 0 aliphatic carbocycles. The van der Waals surface area contributed by atoms with E-state index in [1.165, 1.54) is 7.11 Å².